The zero-order chi connectivity index (χ0) is 24.4. The summed E-state index contributed by atoms with van der Waals surface area (Å²) in [5, 5.41) is 11.9. The average Bonchev–Trinajstić information content (AvgIpc) is 3.55. The monoisotopic (exact) mass is 476 g/mol. The Kier molecular flexibility index (Phi) is 6.28. The van der Waals surface area contributed by atoms with Gasteiger partial charge in [-0.25, -0.2) is 4.52 Å². The first-order valence-electron chi connectivity index (χ1n) is 11.4. The number of pyridine rings is 1. The van der Waals surface area contributed by atoms with Crippen molar-refractivity contribution in [1.82, 2.24) is 29.6 Å². The van der Waals surface area contributed by atoms with Crippen LogP contribution >= 0.6 is 0 Å². The quantitative estimate of drug-likeness (QED) is 0.438. The third-order valence-electron chi connectivity index (χ3n) is 6.23. The SMILES string of the molecule is COc1cc(-c2cc(C(=O)N3CCN(Cc4cc5ccccn5n4)CC3)[nH]n2)cc(OC)c1OC. The van der Waals surface area contributed by atoms with Crippen molar-refractivity contribution in [2.45, 2.75) is 6.54 Å². The number of H-pyrrole nitrogens is 1. The first-order valence-corrected chi connectivity index (χ1v) is 11.4. The van der Waals surface area contributed by atoms with Gasteiger partial charge in [-0.2, -0.15) is 10.2 Å². The lowest BCUT2D eigenvalue weighted by Crippen LogP contribution is -2.48. The van der Waals surface area contributed by atoms with E-state index in [9.17, 15) is 4.79 Å². The van der Waals surface area contributed by atoms with Crippen LogP contribution in [0, 0.1) is 0 Å². The number of carbonyl (C=O) groups excluding carboxylic acids is 1. The van der Waals surface area contributed by atoms with Crippen LogP contribution in [0.4, 0.5) is 0 Å². The standard InChI is InChI=1S/C25H28N6O4/c1-33-22-12-17(13-23(34-2)24(22)35-3)20-15-21(27-26-20)25(32)30-10-8-29(9-11-30)16-18-14-19-6-4-5-7-31(19)28-18/h4-7,12-15H,8-11,16H2,1-3H3,(H,26,27). The minimum absolute atomic E-state index is 0.0661. The Balaban J connectivity index is 1.24. The maximum atomic E-state index is 13.1. The number of benzene rings is 1. The van der Waals surface area contributed by atoms with Gasteiger partial charge in [-0.05, 0) is 36.4 Å². The van der Waals surface area contributed by atoms with E-state index in [0.29, 0.717) is 41.7 Å². The lowest BCUT2D eigenvalue weighted by Gasteiger charge is -2.34. The Labute approximate surface area is 203 Å². The van der Waals surface area contributed by atoms with Crippen molar-refractivity contribution in [2.75, 3.05) is 47.5 Å². The van der Waals surface area contributed by atoms with Crippen LogP contribution in [0.3, 0.4) is 0 Å². The molecule has 4 aromatic rings. The molecule has 1 N–H and O–H groups in total. The zero-order valence-corrected chi connectivity index (χ0v) is 20.0. The summed E-state index contributed by atoms with van der Waals surface area (Å²) in [4.78, 5) is 17.3. The summed E-state index contributed by atoms with van der Waals surface area (Å²) in [6.45, 7) is 3.62. The number of rotatable bonds is 7. The molecule has 0 bridgehead atoms. The van der Waals surface area contributed by atoms with Crippen LogP contribution in [0.2, 0.25) is 0 Å². The predicted molar refractivity (Wildman–Crippen MR) is 130 cm³/mol. The van der Waals surface area contributed by atoms with E-state index in [2.05, 4.69) is 26.3 Å². The van der Waals surface area contributed by atoms with E-state index in [1.807, 2.05) is 45.9 Å². The molecule has 0 saturated carbocycles. The van der Waals surface area contributed by atoms with Gasteiger partial charge in [0, 0.05) is 44.5 Å². The van der Waals surface area contributed by atoms with Crippen LogP contribution in [0.25, 0.3) is 16.8 Å². The summed E-state index contributed by atoms with van der Waals surface area (Å²) in [5.74, 6) is 1.49. The molecular weight excluding hydrogens is 448 g/mol. The van der Waals surface area contributed by atoms with Crippen LogP contribution in [0.1, 0.15) is 16.2 Å². The molecule has 0 spiro atoms. The highest BCUT2D eigenvalue weighted by Crippen LogP contribution is 2.40. The van der Waals surface area contributed by atoms with Gasteiger partial charge < -0.3 is 19.1 Å². The highest BCUT2D eigenvalue weighted by atomic mass is 16.5. The molecule has 1 saturated heterocycles. The minimum atomic E-state index is -0.0661. The second kappa shape index (κ2) is 9.67. The van der Waals surface area contributed by atoms with E-state index in [-0.39, 0.29) is 5.91 Å². The molecule has 1 aliphatic rings. The topological polar surface area (TPSA) is 97.2 Å². The molecular formula is C25H28N6O4. The third kappa shape index (κ3) is 4.52. The van der Waals surface area contributed by atoms with E-state index in [1.54, 1.807) is 27.4 Å². The number of ether oxygens (including phenoxy) is 3. The molecule has 1 aliphatic heterocycles. The summed E-state index contributed by atoms with van der Waals surface area (Å²) in [7, 11) is 4.69. The second-order valence-corrected chi connectivity index (χ2v) is 8.35. The highest BCUT2D eigenvalue weighted by Gasteiger charge is 2.25. The Morgan fingerprint density at radius 3 is 2.37 bits per heavy atom. The molecule has 0 aliphatic carbocycles. The Hall–Kier alpha value is -4.05. The van der Waals surface area contributed by atoms with Crippen LogP contribution < -0.4 is 14.2 Å². The van der Waals surface area contributed by atoms with Crippen LogP contribution in [-0.4, -0.2) is 83.0 Å². The maximum Gasteiger partial charge on any atom is 0.271 e. The van der Waals surface area contributed by atoms with Gasteiger partial charge in [0.1, 0.15) is 5.69 Å². The largest absolute Gasteiger partial charge is 0.493 e. The van der Waals surface area contributed by atoms with Gasteiger partial charge >= 0.3 is 0 Å². The van der Waals surface area contributed by atoms with Gasteiger partial charge in [-0.15, -0.1) is 0 Å². The number of hydrogen-bond acceptors (Lipinski definition) is 7. The van der Waals surface area contributed by atoms with Gasteiger partial charge in [0.15, 0.2) is 11.5 Å². The van der Waals surface area contributed by atoms with Crippen LogP contribution in [0.15, 0.2) is 48.7 Å². The normalized spacial score (nSPS) is 14.3. The molecule has 1 amide bonds. The Morgan fingerprint density at radius 1 is 0.971 bits per heavy atom. The lowest BCUT2D eigenvalue weighted by atomic mass is 10.1. The summed E-state index contributed by atoms with van der Waals surface area (Å²) in [6.07, 6.45) is 1.95. The molecule has 182 valence electrons. The van der Waals surface area contributed by atoms with Crippen molar-refractivity contribution >= 4 is 11.4 Å². The minimum Gasteiger partial charge on any atom is -0.493 e. The third-order valence-corrected chi connectivity index (χ3v) is 6.23. The fourth-order valence-corrected chi connectivity index (χ4v) is 4.38. The molecule has 3 aromatic heterocycles. The van der Waals surface area contributed by atoms with Crippen LogP contribution in [-0.2, 0) is 6.54 Å². The number of aromatic nitrogens is 4. The molecule has 0 radical (unpaired) electrons. The van der Waals surface area contributed by atoms with E-state index < -0.39 is 0 Å². The predicted octanol–water partition coefficient (Wildman–Crippen LogP) is 2.71. The van der Waals surface area contributed by atoms with Crippen molar-refractivity contribution < 1.29 is 19.0 Å². The van der Waals surface area contributed by atoms with Gasteiger partial charge in [0.05, 0.1) is 38.2 Å². The smallest absolute Gasteiger partial charge is 0.271 e. The van der Waals surface area contributed by atoms with Crippen molar-refractivity contribution in [1.29, 1.82) is 0 Å². The fourth-order valence-electron chi connectivity index (χ4n) is 4.38. The second-order valence-electron chi connectivity index (χ2n) is 8.35. The number of carbonyl (C=O) groups is 1. The molecule has 1 fully saturated rings. The lowest BCUT2D eigenvalue weighted by molar-refractivity contribution is 0.0621. The van der Waals surface area contributed by atoms with Crippen molar-refractivity contribution in [3.8, 4) is 28.5 Å². The number of nitrogens with one attached hydrogen (secondary N) is 1. The number of methoxy groups -OCH3 is 3. The molecule has 10 nitrogen and oxygen atoms in total. The zero-order valence-electron chi connectivity index (χ0n) is 20.0. The van der Waals surface area contributed by atoms with Gasteiger partial charge in [-0.1, -0.05) is 6.07 Å². The summed E-state index contributed by atoms with van der Waals surface area (Å²) in [5.41, 5.74) is 3.94. The number of fused-ring (bicyclic) bond motifs is 1. The van der Waals surface area contributed by atoms with E-state index >= 15 is 0 Å². The summed E-state index contributed by atoms with van der Waals surface area (Å²) >= 11 is 0. The molecule has 0 atom stereocenters. The number of nitrogens with zero attached hydrogens (tertiary/aromatic N) is 5. The maximum absolute atomic E-state index is 13.1. The van der Waals surface area contributed by atoms with Crippen molar-refractivity contribution in [3.05, 3.63) is 60.0 Å². The molecule has 4 heterocycles. The van der Waals surface area contributed by atoms with E-state index in [1.165, 1.54) is 0 Å². The summed E-state index contributed by atoms with van der Waals surface area (Å²) in [6, 6.07) is 13.5. The molecule has 10 heteroatoms. The highest BCUT2D eigenvalue weighted by molar-refractivity contribution is 5.93. The molecule has 1 aromatic carbocycles. The molecule has 5 rings (SSSR count). The Bertz CT molecular complexity index is 1280. The molecule has 0 unspecified atom stereocenters. The van der Waals surface area contributed by atoms with Gasteiger partial charge in [0.2, 0.25) is 5.75 Å². The van der Waals surface area contributed by atoms with Crippen LogP contribution in [0.5, 0.6) is 17.2 Å². The average molecular weight is 477 g/mol. The van der Waals surface area contributed by atoms with E-state index in [4.69, 9.17) is 14.2 Å². The fraction of sp³-hybridized carbons (Fsp3) is 0.320. The van der Waals surface area contributed by atoms with Crippen molar-refractivity contribution in [2.24, 2.45) is 0 Å². The first-order chi connectivity index (χ1) is 17.1. The van der Waals surface area contributed by atoms with Gasteiger partial charge in [0.25, 0.3) is 5.91 Å². The Morgan fingerprint density at radius 2 is 1.71 bits per heavy atom. The number of piperazine rings is 1. The summed E-state index contributed by atoms with van der Waals surface area (Å²) < 4.78 is 18.1. The first kappa shape index (κ1) is 22.7. The van der Waals surface area contributed by atoms with E-state index in [0.717, 1.165) is 36.4 Å². The number of hydrogen-bond donors (Lipinski definition) is 1. The van der Waals surface area contributed by atoms with Gasteiger partial charge in [-0.3, -0.25) is 14.8 Å². The molecule has 35 heavy (non-hydrogen) atoms. The number of aromatic amines is 1. The number of amides is 1. The van der Waals surface area contributed by atoms with Crippen molar-refractivity contribution in [3.63, 3.8) is 0 Å².